The topological polar surface area (TPSA) is 139 Å². The van der Waals surface area contributed by atoms with Crippen molar-refractivity contribution in [2.45, 2.75) is 39.7 Å². The van der Waals surface area contributed by atoms with Crippen LogP contribution in [0.3, 0.4) is 0 Å². The highest BCUT2D eigenvalue weighted by molar-refractivity contribution is 5.96. The van der Waals surface area contributed by atoms with Crippen molar-refractivity contribution in [3.05, 3.63) is 41.4 Å². The zero-order valence-electron chi connectivity index (χ0n) is 19.9. The number of aliphatic hydroxyl groups excluding tert-OH is 1. The molecule has 0 radical (unpaired) electrons. The number of pyridine rings is 1. The minimum Gasteiger partial charge on any atom is -0.493 e. The van der Waals surface area contributed by atoms with Crippen LogP contribution < -0.4 is 5.62 Å². The number of fused-ring (bicyclic) bond motifs is 1. The summed E-state index contributed by atoms with van der Waals surface area (Å²) in [5, 5.41) is 27.9. The molecule has 0 spiro atoms. The fourth-order valence-electron chi connectivity index (χ4n) is 4.15. The van der Waals surface area contributed by atoms with Crippen LogP contribution in [0.5, 0.6) is 5.88 Å². The molecule has 0 aliphatic heterocycles. The number of amides is 1. The van der Waals surface area contributed by atoms with Crippen LogP contribution in [0.25, 0.3) is 22.4 Å². The molecule has 4 aromatic heterocycles. The van der Waals surface area contributed by atoms with Crippen molar-refractivity contribution in [2.75, 3.05) is 6.61 Å². The third-order valence-electron chi connectivity index (χ3n) is 6.05. The number of imidazole rings is 1. The van der Waals surface area contributed by atoms with Gasteiger partial charge in [-0.3, -0.25) is 19.0 Å². The van der Waals surface area contributed by atoms with Gasteiger partial charge in [0.1, 0.15) is 5.52 Å². The number of nitrogens with one attached hydrogen (secondary N) is 1. The van der Waals surface area contributed by atoms with Crippen molar-refractivity contribution in [3.63, 3.8) is 0 Å². The standard InChI is InChI=1S/C23H30N8O3/c1-5-15(7-6-8-32)13-31-21-19(12-25-29(21)3)27-23(31)28-20(33)16-9-14(2)26-18(10-16)17-11-24-30(4)22(17)34/h9-12,15,32,34H,5-8,13H2,1-4H3,(H,27,28,33)/t15-/m1/s1. The first kappa shape index (κ1) is 23.4. The maximum atomic E-state index is 13.2. The zero-order chi connectivity index (χ0) is 24.4. The number of carbonyl (C=O) groups excluding carboxylic acids is 1. The molecule has 0 aliphatic carbocycles. The van der Waals surface area contributed by atoms with Gasteiger partial charge in [0, 0.05) is 38.5 Å². The molecule has 11 heteroatoms. The number of aromatic nitrogens is 7. The molecule has 180 valence electrons. The largest absolute Gasteiger partial charge is 0.493 e. The number of H-pyrrole nitrogens is 1. The summed E-state index contributed by atoms with van der Waals surface area (Å²) in [7, 11) is 3.48. The summed E-state index contributed by atoms with van der Waals surface area (Å²) >= 11 is 0. The van der Waals surface area contributed by atoms with Crippen LogP contribution in [0.4, 0.5) is 0 Å². The van der Waals surface area contributed by atoms with E-state index in [9.17, 15) is 15.0 Å². The van der Waals surface area contributed by atoms with E-state index in [1.54, 1.807) is 37.0 Å². The average Bonchev–Trinajstić information content (AvgIpc) is 3.46. The fraction of sp³-hybridized carbons (Fsp3) is 0.435. The van der Waals surface area contributed by atoms with E-state index in [4.69, 9.17) is 0 Å². The molecule has 0 aliphatic rings. The Balaban J connectivity index is 1.76. The van der Waals surface area contributed by atoms with Crippen LogP contribution in [0, 0.1) is 12.8 Å². The van der Waals surface area contributed by atoms with Gasteiger partial charge in [-0.2, -0.15) is 15.2 Å². The lowest BCUT2D eigenvalue weighted by atomic mass is 10.0. The van der Waals surface area contributed by atoms with Gasteiger partial charge in [-0.1, -0.05) is 13.3 Å². The quantitative estimate of drug-likeness (QED) is 0.363. The van der Waals surface area contributed by atoms with Crippen molar-refractivity contribution in [3.8, 4) is 17.1 Å². The molecule has 0 saturated carbocycles. The zero-order valence-corrected chi connectivity index (χ0v) is 19.9. The van der Waals surface area contributed by atoms with Crippen LogP contribution in [0.2, 0.25) is 0 Å². The van der Waals surface area contributed by atoms with Gasteiger partial charge < -0.3 is 15.2 Å². The molecule has 0 saturated heterocycles. The Hall–Kier alpha value is -3.73. The Kier molecular flexibility index (Phi) is 6.64. The SMILES string of the molecule is CC[C@H](CCCO)Cn1/c(=N/C(=O)c2cc(C)nc(-c3cnn(C)c3O)c2)[nH]c2cnn(C)c21. The summed E-state index contributed by atoms with van der Waals surface area (Å²) in [4.78, 5) is 25.3. The first-order chi connectivity index (χ1) is 16.3. The predicted molar refractivity (Wildman–Crippen MR) is 126 cm³/mol. The Morgan fingerprint density at radius 3 is 2.65 bits per heavy atom. The smallest absolute Gasteiger partial charge is 0.280 e. The van der Waals surface area contributed by atoms with Crippen LogP contribution in [-0.4, -0.2) is 56.8 Å². The number of aromatic amines is 1. The molecule has 0 fully saturated rings. The summed E-state index contributed by atoms with van der Waals surface area (Å²) in [6.45, 7) is 4.70. The average molecular weight is 467 g/mol. The number of aryl methyl sites for hydroxylation is 3. The normalized spacial score (nSPS) is 13.1. The first-order valence-electron chi connectivity index (χ1n) is 11.3. The number of rotatable bonds is 8. The second-order valence-electron chi connectivity index (χ2n) is 8.51. The van der Waals surface area contributed by atoms with E-state index in [1.165, 1.54) is 10.9 Å². The molecule has 1 atom stereocenters. The molecule has 0 aromatic carbocycles. The second kappa shape index (κ2) is 9.64. The van der Waals surface area contributed by atoms with Gasteiger partial charge in [-0.25, -0.2) is 4.68 Å². The van der Waals surface area contributed by atoms with Gasteiger partial charge in [0.2, 0.25) is 11.5 Å². The summed E-state index contributed by atoms with van der Waals surface area (Å²) in [5.74, 6) is -0.131. The maximum absolute atomic E-state index is 13.2. The van der Waals surface area contributed by atoms with Crippen molar-refractivity contribution in [2.24, 2.45) is 25.0 Å². The van der Waals surface area contributed by atoms with E-state index in [1.807, 2.05) is 11.6 Å². The predicted octanol–water partition coefficient (Wildman–Crippen LogP) is 2.05. The molecule has 3 N–H and O–H groups in total. The van der Waals surface area contributed by atoms with Crippen molar-refractivity contribution in [1.82, 2.24) is 34.1 Å². The van der Waals surface area contributed by atoms with Gasteiger partial charge >= 0.3 is 0 Å². The Morgan fingerprint density at radius 1 is 1.21 bits per heavy atom. The van der Waals surface area contributed by atoms with E-state index in [0.717, 1.165) is 30.4 Å². The van der Waals surface area contributed by atoms with Gasteiger partial charge in [-0.05, 0) is 37.8 Å². The summed E-state index contributed by atoms with van der Waals surface area (Å²) in [6.07, 6.45) is 5.76. The van der Waals surface area contributed by atoms with E-state index in [2.05, 4.69) is 32.1 Å². The Labute approximate surface area is 196 Å². The van der Waals surface area contributed by atoms with Gasteiger partial charge in [0.25, 0.3) is 5.91 Å². The molecule has 34 heavy (non-hydrogen) atoms. The molecular weight excluding hydrogens is 436 g/mol. The Bertz CT molecular complexity index is 1390. The van der Waals surface area contributed by atoms with E-state index < -0.39 is 5.91 Å². The Morgan fingerprint density at radius 2 is 1.97 bits per heavy atom. The summed E-state index contributed by atoms with van der Waals surface area (Å²) < 4.78 is 5.08. The van der Waals surface area contributed by atoms with Gasteiger partial charge in [-0.15, -0.1) is 0 Å². The van der Waals surface area contributed by atoms with Crippen LogP contribution >= 0.6 is 0 Å². The third-order valence-corrected chi connectivity index (χ3v) is 6.05. The highest BCUT2D eigenvalue weighted by Crippen LogP contribution is 2.27. The number of carbonyl (C=O) groups is 1. The highest BCUT2D eigenvalue weighted by atomic mass is 16.3. The van der Waals surface area contributed by atoms with E-state index >= 15 is 0 Å². The maximum Gasteiger partial charge on any atom is 0.280 e. The van der Waals surface area contributed by atoms with Gasteiger partial charge in [0.15, 0.2) is 5.65 Å². The first-order valence-corrected chi connectivity index (χ1v) is 11.3. The van der Waals surface area contributed by atoms with Crippen LogP contribution in [0.1, 0.15) is 42.2 Å². The van der Waals surface area contributed by atoms with E-state index in [0.29, 0.717) is 40.6 Å². The molecule has 1 amide bonds. The van der Waals surface area contributed by atoms with Crippen LogP contribution in [0.15, 0.2) is 29.5 Å². The monoisotopic (exact) mass is 466 g/mol. The van der Waals surface area contributed by atoms with Crippen molar-refractivity contribution >= 4 is 17.1 Å². The number of aliphatic hydroxyl groups is 1. The van der Waals surface area contributed by atoms with Gasteiger partial charge in [0.05, 0.1) is 23.7 Å². The summed E-state index contributed by atoms with van der Waals surface area (Å²) in [6, 6.07) is 3.29. The molecular formula is C23H30N8O3. The number of hydrogen-bond donors (Lipinski definition) is 3. The molecule has 4 aromatic rings. The molecule has 11 nitrogen and oxygen atoms in total. The lowest BCUT2D eigenvalue weighted by Crippen LogP contribution is -2.26. The summed E-state index contributed by atoms with van der Waals surface area (Å²) in [5.41, 5.74) is 3.97. The number of aromatic hydroxyl groups is 1. The molecule has 4 rings (SSSR count). The fourth-order valence-corrected chi connectivity index (χ4v) is 4.15. The number of nitrogens with zero attached hydrogens (tertiary/aromatic N) is 7. The van der Waals surface area contributed by atoms with Crippen LogP contribution in [-0.2, 0) is 20.6 Å². The second-order valence-corrected chi connectivity index (χ2v) is 8.51. The highest BCUT2D eigenvalue weighted by Gasteiger charge is 2.18. The molecule has 4 heterocycles. The van der Waals surface area contributed by atoms with Crippen molar-refractivity contribution in [1.29, 1.82) is 0 Å². The molecule has 0 unspecified atom stereocenters. The van der Waals surface area contributed by atoms with Crippen molar-refractivity contribution < 1.29 is 15.0 Å². The minimum atomic E-state index is -0.424. The third kappa shape index (κ3) is 4.51. The lowest BCUT2D eigenvalue weighted by Gasteiger charge is -2.15. The number of hydrogen-bond acceptors (Lipinski definition) is 6. The lowest BCUT2D eigenvalue weighted by molar-refractivity contribution is 0.0996. The minimum absolute atomic E-state index is 0.0251. The molecule has 0 bridgehead atoms. The van der Waals surface area contributed by atoms with E-state index in [-0.39, 0.29) is 12.5 Å².